The molecule has 0 atom stereocenters. The molecule has 0 bridgehead atoms. The third kappa shape index (κ3) is 4.99. The minimum atomic E-state index is -0.907. The summed E-state index contributed by atoms with van der Waals surface area (Å²) in [5.41, 5.74) is 2.15. The Kier molecular flexibility index (Phi) is 8.13. The molecule has 0 saturated carbocycles. The molecule has 1 heterocycles. The Morgan fingerprint density at radius 3 is 2.27 bits per heavy atom. The standard InChI is InChI=1S/C21H30N4O/c1-6-9-21(15-23,10-7-2)24-20(26)19(14-22)13-18-12-16(4)25(11-8-3)17(18)5/h12-13H,6-11H2,1-5H3,(H,24,26). The summed E-state index contributed by atoms with van der Waals surface area (Å²) in [7, 11) is 0. The number of aryl methyl sites for hydroxylation is 1. The third-order valence-corrected chi connectivity index (χ3v) is 4.65. The van der Waals surface area contributed by atoms with Gasteiger partial charge < -0.3 is 9.88 Å². The van der Waals surface area contributed by atoms with Gasteiger partial charge in [0.2, 0.25) is 0 Å². The molecule has 5 heteroatoms. The number of nitrogens with zero attached hydrogens (tertiary/aromatic N) is 3. The van der Waals surface area contributed by atoms with Crippen molar-refractivity contribution < 1.29 is 4.79 Å². The highest BCUT2D eigenvalue weighted by atomic mass is 16.1. The van der Waals surface area contributed by atoms with Crippen LogP contribution < -0.4 is 5.32 Å². The molecule has 0 aliphatic heterocycles. The predicted molar refractivity (Wildman–Crippen MR) is 104 cm³/mol. The lowest BCUT2D eigenvalue weighted by Gasteiger charge is -2.27. The summed E-state index contributed by atoms with van der Waals surface area (Å²) in [5, 5.41) is 21.9. The molecule has 5 nitrogen and oxygen atoms in total. The van der Waals surface area contributed by atoms with Crippen molar-refractivity contribution in [3.63, 3.8) is 0 Å². The van der Waals surface area contributed by atoms with Crippen LogP contribution in [0.2, 0.25) is 0 Å². The van der Waals surface area contributed by atoms with Crippen molar-refractivity contribution in [2.24, 2.45) is 0 Å². The average Bonchev–Trinajstić information content (AvgIpc) is 2.87. The highest BCUT2D eigenvalue weighted by Crippen LogP contribution is 2.22. The smallest absolute Gasteiger partial charge is 0.263 e. The minimum absolute atomic E-state index is 0.0357. The van der Waals surface area contributed by atoms with Gasteiger partial charge in [-0.15, -0.1) is 0 Å². The number of rotatable bonds is 9. The molecule has 0 aliphatic carbocycles. The van der Waals surface area contributed by atoms with Crippen LogP contribution in [0.1, 0.15) is 69.8 Å². The molecule has 0 aliphatic rings. The SMILES string of the molecule is CCCn1c(C)cc(C=C(C#N)C(=O)NC(C#N)(CCC)CCC)c1C. The molecule has 1 rings (SSSR count). The van der Waals surface area contributed by atoms with Gasteiger partial charge in [-0.1, -0.05) is 33.6 Å². The quantitative estimate of drug-likeness (QED) is 0.527. The Labute approximate surface area is 157 Å². The molecular formula is C21H30N4O. The minimum Gasteiger partial charge on any atom is -0.349 e. The van der Waals surface area contributed by atoms with Gasteiger partial charge in [0.25, 0.3) is 5.91 Å². The van der Waals surface area contributed by atoms with E-state index in [0.29, 0.717) is 12.8 Å². The van der Waals surface area contributed by atoms with Gasteiger partial charge in [-0.25, -0.2) is 0 Å². The van der Waals surface area contributed by atoms with E-state index in [2.05, 4.69) is 22.9 Å². The third-order valence-electron chi connectivity index (χ3n) is 4.65. The first-order valence-corrected chi connectivity index (χ1v) is 9.40. The van der Waals surface area contributed by atoms with Gasteiger partial charge in [-0.2, -0.15) is 10.5 Å². The highest BCUT2D eigenvalue weighted by molar-refractivity contribution is 6.02. The summed E-state index contributed by atoms with van der Waals surface area (Å²) in [5.74, 6) is -0.476. The summed E-state index contributed by atoms with van der Waals surface area (Å²) >= 11 is 0. The van der Waals surface area contributed by atoms with Gasteiger partial charge in [0.05, 0.1) is 6.07 Å². The van der Waals surface area contributed by atoms with E-state index in [9.17, 15) is 15.3 Å². The molecule has 0 fully saturated rings. The summed E-state index contributed by atoms with van der Waals surface area (Å²) in [6.07, 6.45) is 5.38. The Morgan fingerprint density at radius 1 is 1.19 bits per heavy atom. The number of amides is 1. The van der Waals surface area contributed by atoms with Crippen LogP contribution >= 0.6 is 0 Å². The van der Waals surface area contributed by atoms with Crippen LogP contribution in [0.5, 0.6) is 0 Å². The number of carbonyl (C=O) groups excluding carboxylic acids is 1. The fourth-order valence-electron chi connectivity index (χ4n) is 3.37. The van der Waals surface area contributed by atoms with Crippen molar-refractivity contribution in [3.8, 4) is 12.1 Å². The van der Waals surface area contributed by atoms with Crippen molar-refractivity contribution in [1.82, 2.24) is 9.88 Å². The zero-order valence-electron chi connectivity index (χ0n) is 16.6. The second-order valence-corrected chi connectivity index (χ2v) is 6.80. The van der Waals surface area contributed by atoms with E-state index in [1.807, 2.05) is 39.8 Å². The van der Waals surface area contributed by atoms with E-state index in [1.165, 1.54) is 0 Å². The van der Waals surface area contributed by atoms with Crippen LogP contribution in [0, 0.1) is 36.5 Å². The van der Waals surface area contributed by atoms with Crippen LogP contribution in [0.25, 0.3) is 6.08 Å². The lowest BCUT2D eigenvalue weighted by atomic mass is 9.89. The highest BCUT2D eigenvalue weighted by Gasteiger charge is 2.31. The number of hydrogen-bond donors (Lipinski definition) is 1. The molecule has 26 heavy (non-hydrogen) atoms. The van der Waals surface area contributed by atoms with E-state index in [4.69, 9.17) is 0 Å². The van der Waals surface area contributed by atoms with Gasteiger partial charge in [0.1, 0.15) is 17.2 Å². The Balaban J connectivity index is 3.17. The second-order valence-electron chi connectivity index (χ2n) is 6.80. The molecule has 0 aromatic carbocycles. The van der Waals surface area contributed by atoms with Gasteiger partial charge in [-0.05, 0) is 50.8 Å². The van der Waals surface area contributed by atoms with Crippen molar-refractivity contribution >= 4 is 12.0 Å². The number of carbonyl (C=O) groups is 1. The van der Waals surface area contributed by atoms with Gasteiger partial charge >= 0.3 is 0 Å². The summed E-state index contributed by atoms with van der Waals surface area (Å²) < 4.78 is 2.19. The second kappa shape index (κ2) is 9.82. The first-order chi connectivity index (χ1) is 12.4. The lowest BCUT2D eigenvalue weighted by Crippen LogP contribution is -2.47. The maximum absolute atomic E-state index is 12.7. The molecule has 1 aromatic rings. The maximum atomic E-state index is 12.7. The van der Waals surface area contributed by atoms with Crippen molar-refractivity contribution in [1.29, 1.82) is 10.5 Å². The van der Waals surface area contributed by atoms with Crippen LogP contribution in [0.15, 0.2) is 11.6 Å². The molecule has 140 valence electrons. The van der Waals surface area contributed by atoms with Gasteiger partial charge in [0, 0.05) is 17.9 Å². The van der Waals surface area contributed by atoms with Crippen LogP contribution in [-0.2, 0) is 11.3 Å². The molecule has 0 spiro atoms. The Morgan fingerprint density at radius 2 is 1.81 bits per heavy atom. The molecule has 1 N–H and O–H groups in total. The van der Waals surface area contributed by atoms with Crippen LogP contribution in [0.4, 0.5) is 0 Å². The number of aromatic nitrogens is 1. The topological polar surface area (TPSA) is 81.6 Å². The Hall–Kier alpha value is -2.53. The van der Waals surface area contributed by atoms with Gasteiger partial charge in [0.15, 0.2) is 0 Å². The summed E-state index contributed by atoms with van der Waals surface area (Å²) in [6, 6.07) is 6.25. The van der Waals surface area contributed by atoms with Crippen molar-refractivity contribution in [2.75, 3.05) is 0 Å². The van der Waals surface area contributed by atoms with Crippen molar-refractivity contribution in [3.05, 3.63) is 28.6 Å². The zero-order chi connectivity index (χ0) is 19.7. The monoisotopic (exact) mass is 354 g/mol. The average molecular weight is 354 g/mol. The van der Waals surface area contributed by atoms with E-state index in [0.717, 1.165) is 42.8 Å². The molecule has 0 unspecified atom stereocenters. The fraction of sp³-hybridized carbons (Fsp3) is 0.571. The number of hydrogen-bond acceptors (Lipinski definition) is 3. The largest absolute Gasteiger partial charge is 0.349 e. The molecular weight excluding hydrogens is 324 g/mol. The van der Waals surface area contributed by atoms with Gasteiger partial charge in [-0.3, -0.25) is 4.79 Å². The first-order valence-electron chi connectivity index (χ1n) is 9.40. The number of nitrogens with one attached hydrogen (secondary N) is 1. The molecule has 1 amide bonds. The number of nitriles is 2. The normalized spacial score (nSPS) is 11.7. The first kappa shape index (κ1) is 21.5. The van der Waals surface area contributed by atoms with E-state index in [1.54, 1.807) is 6.08 Å². The van der Waals surface area contributed by atoms with Crippen LogP contribution in [-0.4, -0.2) is 16.0 Å². The molecule has 1 aromatic heterocycles. The summed E-state index contributed by atoms with van der Waals surface area (Å²) in [6.45, 7) is 11.0. The van der Waals surface area contributed by atoms with E-state index < -0.39 is 11.4 Å². The summed E-state index contributed by atoms with van der Waals surface area (Å²) in [4.78, 5) is 12.7. The van der Waals surface area contributed by atoms with E-state index in [-0.39, 0.29) is 5.57 Å². The van der Waals surface area contributed by atoms with Crippen molar-refractivity contribution in [2.45, 2.75) is 78.8 Å². The zero-order valence-corrected chi connectivity index (χ0v) is 16.6. The molecule has 0 saturated heterocycles. The molecule has 0 radical (unpaired) electrons. The van der Waals surface area contributed by atoms with E-state index >= 15 is 0 Å². The maximum Gasteiger partial charge on any atom is 0.263 e. The predicted octanol–water partition coefficient (Wildman–Crippen LogP) is 4.40. The lowest BCUT2D eigenvalue weighted by molar-refractivity contribution is -0.118. The Bertz CT molecular complexity index is 737. The fourth-order valence-corrected chi connectivity index (χ4v) is 3.37. The van der Waals surface area contributed by atoms with Crippen LogP contribution in [0.3, 0.4) is 0 Å².